The summed E-state index contributed by atoms with van der Waals surface area (Å²) in [5.41, 5.74) is 0. The molecule has 0 N–H and O–H groups in total. The van der Waals surface area contributed by atoms with Crippen LogP contribution in [0.3, 0.4) is 0 Å². The van der Waals surface area contributed by atoms with Gasteiger partial charge in [0.05, 0.1) is 6.10 Å². The van der Waals surface area contributed by atoms with E-state index in [1.54, 1.807) is 6.08 Å². The maximum atomic E-state index is 11.1. The molecule has 0 aromatic heterocycles. The third-order valence-electron chi connectivity index (χ3n) is 2.50. The summed E-state index contributed by atoms with van der Waals surface area (Å²) in [6, 6.07) is 0. The number of hydrogen-bond acceptors (Lipinski definition) is 3. The first-order valence-corrected chi connectivity index (χ1v) is 10.2. The van der Waals surface area contributed by atoms with Gasteiger partial charge in [0.1, 0.15) is 6.10 Å². The minimum Gasteiger partial charge on any atom is -0.456 e. The van der Waals surface area contributed by atoms with Crippen LogP contribution in [0.2, 0.25) is 19.6 Å². The van der Waals surface area contributed by atoms with E-state index in [1.807, 2.05) is 0 Å². The summed E-state index contributed by atoms with van der Waals surface area (Å²) in [5, 5.41) is 0. The Morgan fingerprint density at radius 3 is 2.33 bits per heavy atom. The fourth-order valence-corrected chi connectivity index (χ4v) is 2.97. The van der Waals surface area contributed by atoms with Gasteiger partial charge in [0.25, 0.3) is 0 Å². The topological polar surface area (TPSA) is 35.5 Å². The fourth-order valence-electron chi connectivity index (χ4n) is 1.81. The quantitative estimate of drug-likeness (QED) is 0.276. The normalized spacial score (nSPS) is 14.9. The Labute approximate surface area is 113 Å². The highest BCUT2D eigenvalue weighted by Crippen LogP contribution is 2.19. The van der Waals surface area contributed by atoms with E-state index < -0.39 is 8.32 Å². The van der Waals surface area contributed by atoms with E-state index in [9.17, 15) is 4.79 Å². The number of rotatable bonds is 9. The molecule has 0 spiro atoms. The van der Waals surface area contributed by atoms with E-state index in [-0.39, 0.29) is 18.2 Å². The second-order valence-corrected chi connectivity index (χ2v) is 10.0. The SMILES string of the molecule is C=CC(OC(C)=O)C(CCCCC)O[Si](C)(C)C. The molecular weight excluding hydrogens is 244 g/mol. The average molecular weight is 272 g/mol. The van der Waals surface area contributed by atoms with Crippen molar-refractivity contribution >= 4 is 14.3 Å². The molecular formula is C14H28O3Si. The zero-order valence-electron chi connectivity index (χ0n) is 12.5. The van der Waals surface area contributed by atoms with Crippen LogP contribution in [-0.2, 0) is 14.0 Å². The van der Waals surface area contributed by atoms with Gasteiger partial charge in [-0.2, -0.15) is 0 Å². The summed E-state index contributed by atoms with van der Waals surface area (Å²) in [7, 11) is -1.65. The Morgan fingerprint density at radius 1 is 1.33 bits per heavy atom. The van der Waals surface area contributed by atoms with E-state index in [1.165, 1.54) is 19.8 Å². The molecule has 0 amide bonds. The van der Waals surface area contributed by atoms with Crippen molar-refractivity contribution in [3.8, 4) is 0 Å². The smallest absolute Gasteiger partial charge is 0.303 e. The van der Waals surface area contributed by atoms with Gasteiger partial charge in [-0.25, -0.2) is 0 Å². The van der Waals surface area contributed by atoms with Crippen molar-refractivity contribution in [2.45, 2.75) is 71.4 Å². The molecule has 0 saturated heterocycles. The van der Waals surface area contributed by atoms with Crippen molar-refractivity contribution in [3.63, 3.8) is 0 Å². The van der Waals surface area contributed by atoms with Crippen LogP contribution in [0.1, 0.15) is 39.5 Å². The molecule has 0 aromatic carbocycles. The lowest BCUT2D eigenvalue weighted by Gasteiger charge is -2.30. The molecule has 0 bridgehead atoms. The van der Waals surface area contributed by atoms with Crippen LogP contribution in [0.4, 0.5) is 0 Å². The molecule has 2 atom stereocenters. The van der Waals surface area contributed by atoms with Crippen LogP contribution in [0.5, 0.6) is 0 Å². The maximum Gasteiger partial charge on any atom is 0.303 e. The summed E-state index contributed by atoms with van der Waals surface area (Å²) in [6.07, 6.45) is 5.66. The fraction of sp³-hybridized carbons (Fsp3) is 0.786. The highest BCUT2D eigenvalue weighted by molar-refractivity contribution is 6.69. The highest BCUT2D eigenvalue weighted by Gasteiger charge is 2.27. The third kappa shape index (κ3) is 8.47. The van der Waals surface area contributed by atoms with E-state index in [0.717, 1.165) is 12.8 Å². The molecule has 106 valence electrons. The number of carbonyl (C=O) groups is 1. The van der Waals surface area contributed by atoms with Crippen LogP contribution in [0.25, 0.3) is 0 Å². The minimum atomic E-state index is -1.65. The summed E-state index contributed by atoms with van der Waals surface area (Å²) in [4.78, 5) is 11.1. The van der Waals surface area contributed by atoms with Gasteiger partial charge in [0.15, 0.2) is 8.32 Å². The van der Waals surface area contributed by atoms with Gasteiger partial charge in [0, 0.05) is 6.92 Å². The van der Waals surface area contributed by atoms with Gasteiger partial charge in [-0.15, -0.1) is 0 Å². The Bertz CT molecular complexity index is 258. The molecule has 3 nitrogen and oxygen atoms in total. The van der Waals surface area contributed by atoms with Crippen LogP contribution in [-0.4, -0.2) is 26.5 Å². The molecule has 0 aliphatic heterocycles. The molecule has 0 fully saturated rings. The van der Waals surface area contributed by atoms with Gasteiger partial charge >= 0.3 is 5.97 Å². The third-order valence-corrected chi connectivity index (χ3v) is 3.51. The van der Waals surface area contributed by atoms with E-state index in [4.69, 9.17) is 9.16 Å². The number of esters is 1. The molecule has 0 heterocycles. The van der Waals surface area contributed by atoms with Gasteiger partial charge in [0.2, 0.25) is 0 Å². The molecule has 0 saturated carbocycles. The number of carbonyl (C=O) groups excluding carboxylic acids is 1. The van der Waals surface area contributed by atoms with Crippen LogP contribution in [0, 0.1) is 0 Å². The first kappa shape index (κ1) is 17.4. The minimum absolute atomic E-state index is 0.0513. The van der Waals surface area contributed by atoms with Crippen molar-refractivity contribution in [2.75, 3.05) is 0 Å². The standard InChI is InChI=1S/C14H28O3Si/c1-7-9-10-11-14(17-18(4,5)6)13(8-2)16-12(3)15/h8,13-14H,2,7,9-11H2,1,3-6H3. The Hall–Kier alpha value is -0.613. The first-order chi connectivity index (χ1) is 8.30. The first-order valence-electron chi connectivity index (χ1n) is 6.77. The van der Waals surface area contributed by atoms with Gasteiger partial charge in [-0.05, 0) is 32.1 Å². The number of ether oxygens (including phenoxy) is 1. The largest absolute Gasteiger partial charge is 0.456 e. The average Bonchev–Trinajstić information content (AvgIpc) is 2.23. The zero-order chi connectivity index (χ0) is 14.2. The maximum absolute atomic E-state index is 11.1. The zero-order valence-corrected chi connectivity index (χ0v) is 13.5. The lowest BCUT2D eigenvalue weighted by Crippen LogP contribution is -2.40. The molecule has 2 unspecified atom stereocenters. The lowest BCUT2D eigenvalue weighted by atomic mass is 10.1. The monoisotopic (exact) mass is 272 g/mol. The predicted octanol–water partition coefficient (Wildman–Crippen LogP) is 3.90. The highest BCUT2D eigenvalue weighted by atomic mass is 28.4. The molecule has 0 aromatic rings. The van der Waals surface area contributed by atoms with Gasteiger partial charge in [-0.3, -0.25) is 4.79 Å². The van der Waals surface area contributed by atoms with Crippen LogP contribution >= 0.6 is 0 Å². The molecule has 0 radical (unpaired) electrons. The van der Waals surface area contributed by atoms with Crippen molar-refractivity contribution < 1.29 is 14.0 Å². The Balaban J connectivity index is 4.58. The Kier molecular flexibility index (Phi) is 8.19. The van der Waals surface area contributed by atoms with Gasteiger partial charge < -0.3 is 9.16 Å². The summed E-state index contributed by atoms with van der Waals surface area (Å²) < 4.78 is 11.4. The summed E-state index contributed by atoms with van der Waals surface area (Å²) in [5.74, 6) is -0.278. The summed E-state index contributed by atoms with van der Waals surface area (Å²) >= 11 is 0. The number of unbranched alkanes of at least 4 members (excludes halogenated alkanes) is 2. The molecule has 4 heteroatoms. The summed E-state index contributed by atoms with van der Waals surface area (Å²) in [6.45, 7) is 13.8. The lowest BCUT2D eigenvalue weighted by molar-refractivity contribution is -0.148. The Morgan fingerprint density at radius 2 is 1.94 bits per heavy atom. The molecule has 0 aliphatic rings. The second kappa shape index (κ2) is 8.48. The van der Waals surface area contributed by atoms with Crippen molar-refractivity contribution in [1.82, 2.24) is 0 Å². The van der Waals surface area contributed by atoms with Crippen LogP contribution in [0.15, 0.2) is 12.7 Å². The second-order valence-electron chi connectivity index (χ2n) is 5.57. The van der Waals surface area contributed by atoms with E-state index >= 15 is 0 Å². The number of hydrogen-bond donors (Lipinski definition) is 0. The van der Waals surface area contributed by atoms with Crippen molar-refractivity contribution in [3.05, 3.63) is 12.7 Å². The molecule has 18 heavy (non-hydrogen) atoms. The van der Waals surface area contributed by atoms with E-state index in [2.05, 4.69) is 33.1 Å². The molecule has 0 aliphatic carbocycles. The predicted molar refractivity (Wildman–Crippen MR) is 78.1 cm³/mol. The van der Waals surface area contributed by atoms with Crippen molar-refractivity contribution in [1.29, 1.82) is 0 Å². The van der Waals surface area contributed by atoms with Crippen molar-refractivity contribution in [2.24, 2.45) is 0 Å². The van der Waals surface area contributed by atoms with Crippen LogP contribution < -0.4 is 0 Å². The van der Waals surface area contributed by atoms with E-state index in [0.29, 0.717) is 0 Å². The molecule has 0 rings (SSSR count). The van der Waals surface area contributed by atoms with Gasteiger partial charge in [-0.1, -0.05) is 32.8 Å².